The first-order chi connectivity index (χ1) is 9.11. The summed E-state index contributed by atoms with van der Waals surface area (Å²) in [5.74, 6) is 0.886. The van der Waals surface area contributed by atoms with Crippen molar-refractivity contribution in [1.82, 2.24) is 14.9 Å². The minimum atomic E-state index is 0.886. The minimum absolute atomic E-state index is 0.886. The number of fused-ring (bicyclic) bond motifs is 1. The quantitative estimate of drug-likeness (QED) is 0.842. The number of rotatable bonds is 2. The van der Waals surface area contributed by atoms with E-state index >= 15 is 0 Å². The Morgan fingerprint density at radius 3 is 2.89 bits per heavy atom. The molecular formula is C15H19N3S. The van der Waals surface area contributed by atoms with Crippen LogP contribution in [0.3, 0.4) is 0 Å². The van der Waals surface area contributed by atoms with Gasteiger partial charge in [-0.3, -0.25) is 4.90 Å². The Morgan fingerprint density at radius 2 is 2.16 bits per heavy atom. The maximum absolute atomic E-state index is 4.54. The van der Waals surface area contributed by atoms with Crippen LogP contribution < -0.4 is 0 Å². The van der Waals surface area contributed by atoms with E-state index in [-0.39, 0.29) is 0 Å². The van der Waals surface area contributed by atoms with Gasteiger partial charge in [0.2, 0.25) is 0 Å². The maximum atomic E-state index is 4.54. The van der Waals surface area contributed by atoms with Crippen molar-refractivity contribution in [3.63, 3.8) is 0 Å². The van der Waals surface area contributed by atoms with Crippen molar-refractivity contribution < 1.29 is 0 Å². The summed E-state index contributed by atoms with van der Waals surface area (Å²) >= 11 is 1.92. The van der Waals surface area contributed by atoms with Gasteiger partial charge in [0.15, 0.2) is 0 Å². The predicted molar refractivity (Wildman–Crippen MR) is 78.4 cm³/mol. The Hall–Kier alpha value is -1.26. The van der Waals surface area contributed by atoms with Crippen molar-refractivity contribution in [2.24, 2.45) is 0 Å². The summed E-state index contributed by atoms with van der Waals surface area (Å²) in [5.41, 5.74) is 3.94. The van der Waals surface area contributed by atoms with Crippen molar-refractivity contribution in [3.8, 4) is 0 Å². The van der Waals surface area contributed by atoms with Crippen molar-refractivity contribution in [2.75, 3.05) is 6.54 Å². The first-order valence-electron chi connectivity index (χ1n) is 6.71. The van der Waals surface area contributed by atoms with Crippen LogP contribution in [0, 0.1) is 20.8 Å². The van der Waals surface area contributed by atoms with E-state index in [1.54, 1.807) is 0 Å². The fourth-order valence-electron chi connectivity index (χ4n) is 2.56. The van der Waals surface area contributed by atoms with Gasteiger partial charge in [-0.1, -0.05) is 0 Å². The molecule has 3 heterocycles. The van der Waals surface area contributed by atoms with E-state index in [4.69, 9.17) is 0 Å². The molecule has 0 aromatic carbocycles. The normalized spacial score (nSPS) is 15.5. The molecule has 2 aromatic heterocycles. The lowest BCUT2D eigenvalue weighted by Gasteiger charge is -2.27. The standard InChI is InChI=1S/C15H19N3S/c1-10-6-14(19-11(10)2)9-18-5-4-15-13(8-18)7-16-12(3)17-15/h6-7H,4-5,8-9H2,1-3H3. The molecule has 0 spiro atoms. The molecule has 4 heteroatoms. The number of thiophene rings is 1. The number of hydrogen-bond donors (Lipinski definition) is 0. The van der Waals surface area contributed by atoms with E-state index in [2.05, 4.69) is 34.8 Å². The highest BCUT2D eigenvalue weighted by Gasteiger charge is 2.18. The molecule has 0 fully saturated rings. The van der Waals surface area contributed by atoms with Gasteiger partial charge in [-0.2, -0.15) is 0 Å². The molecule has 0 N–H and O–H groups in total. The summed E-state index contributed by atoms with van der Waals surface area (Å²) < 4.78 is 0. The first-order valence-corrected chi connectivity index (χ1v) is 7.53. The lowest BCUT2D eigenvalue weighted by Crippen LogP contribution is -2.30. The molecule has 0 bridgehead atoms. The second kappa shape index (κ2) is 5.02. The zero-order chi connectivity index (χ0) is 13.4. The molecule has 0 unspecified atom stereocenters. The number of aromatic nitrogens is 2. The number of aryl methyl sites for hydroxylation is 3. The molecule has 1 aliphatic rings. The van der Waals surface area contributed by atoms with E-state index in [1.165, 1.54) is 26.6 Å². The van der Waals surface area contributed by atoms with Crippen LogP contribution in [0.15, 0.2) is 12.3 Å². The third-order valence-corrected chi connectivity index (χ3v) is 4.87. The zero-order valence-electron chi connectivity index (χ0n) is 11.7. The van der Waals surface area contributed by atoms with Crippen LogP contribution in [0.25, 0.3) is 0 Å². The maximum Gasteiger partial charge on any atom is 0.125 e. The molecule has 2 aromatic rings. The SMILES string of the molecule is Cc1ncc2c(n1)CCN(Cc1cc(C)c(C)s1)C2. The smallest absolute Gasteiger partial charge is 0.125 e. The number of nitrogens with zero attached hydrogens (tertiary/aromatic N) is 3. The molecule has 0 aliphatic carbocycles. The molecule has 3 nitrogen and oxygen atoms in total. The summed E-state index contributed by atoms with van der Waals surface area (Å²) in [5, 5.41) is 0. The first kappa shape index (κ1) is 12.8. The number of hydrogen-bond acceptors (Lipinski definition) is 4. The van der Waals surface area contributed by atoms with Gasteiger partial charge >= 0.3 is 0 Å². The van der Waals surface area contributed by atoms with Gasteiger partial charge in [0.25, 0.3) is 0 Å². The van der Waals surface area contributed by atoms with Gasteiger partial charge in [0.05, 0.1) is 0 Å². The van der Waals surface area contributed by atoms with Gasteiger partial charge in [-0.15, -0.1) is 11.3 Å². The molecule has 1 aliphatic heterocycles. The summed E-state index contributed by atoms with van der Waals surface area (Å²) in [7, 11) is 0. The van der Waals surface area contributed by atoms with Gasteiger partial charge < -0.3 is 0 Å². The Labute approximate surface area is 118 Å². The average Bonchev–Trinajstić information content (AvgIpc) is 2.68. The molecule has 100 valence electrons. The molecule has 0 radical (unpaired) electrons. The van der Waals surface area contributed by atoms with Gasteiger partial charge in [-0.05, 0) is 32.4 Å². The highest BCUT2D eigenvalue weighted by molar-refractivity contribution is 7.12. The topological polar surface area (TPSA) is 29.0 Å². The second-order valence-electron chi connectivity index (χ2n) is 5.30. The summed E-state index contributed by atoms with van der Waals surface area (Å²) in [6.07, 6.45) is 3.04. The van der Waals surface area contributed by atoms with Crippen molar-refractivity contribution in [1.29, 1.82) is 0 Å². The van der Waals surface area contributed by atoms with Crippen LogP contribution >= 0.6 is 11.3 Å². The summed E-state index contributed by atoms with van der Waals surface area (Å²) in [4.78, 5) is 14.2. The van der Waals surface area contributed by atoms with Gasteiger partial charge in [0, 0.05) is 53.3 Å². The summed E-state index contributed by atoms with van der Waals surface area (Å²) in [6.45, 7) is 9.48. The van der Waals surface area contributed by atoms with E-state index in [0.29, 0.717) is 0 Å². The van der Waals surface area contributed by atoms with Crippen LogP contribution in [-0.4, -0.2) is 21.4 Å². The fourth-order valence-corrected chi connectivity index (χ4v) is 3.65. The van der Waals surface area contributed by atoms with Crippen LogP contribution in [0.1, 0.15) is 32.4 Å². The lowest BCUT2D eigenvalue weighted by atomic mass is 10.1. The third-order valence-electron chi connectivity index (χ3n) is 3.73. The van der Waals surface area contributed by atoms with E-state index in [1.807, 2.05) is 24.5 Å². The summed E-state index contributed by atoms with van der Waals surface area (Å²) in [6, 6.07) is 2.32. The van der Waals surface area contributed by atoms with Crippen molar-refractivity contribution in [3.05, 3.63) is 44.7 Å². The fraction of sp³-hybridized carbons (Fsp3) is 0.467. The van der Waals surface area contributed by atoms with Crippen LogP contribution in [0.5, 0.6) is 0 Å². The monoisotopic (exact) mass is 273 g/mol. The molecule has 3 rings (SSSR count). The average molecular weight is 273 g/mol. The minimum Gasteiger partial charge on any atom is -0.293 e. The molecule has 0 atom stereocenters. The van der Waals surface area contributed by atoms with Gasteiger partial charge in [-0.25, -0.2) is 9.97 Å². The highest BCUT2D eigenvalue weighted by atomic mass is 32.1. The van der Waals surface area contributed by atoms with Crippen molar-refractivity contribution >= 4 is 11.3 Å². The Balaban J connectivity index is 1.73. The molecule has 0 saturated heterocycles. The predicted octanol–water partition coefficient (Wildman–Crippen LogP) is 3.02. The van der Waals surface area contributed by atoms with E-state index in [9.17, 15) is 0 Å². The van der Waals surface area contributed by atoms with Gasteiger partial charge in [0.1, 0.15) is 5.82 Å². The lowest BCUT2D eigenvalue weighted by molar-refractivity contribution is 0.245. The molecule has 0 amide bonds. The van der Waals surface area contributed by atoms with E-state index < -0.39 is 0 Å². The Morgan fingerprint density at radius 1 is 1.32 bits per heavy atom. The molecule has 0 saturated carbocycles. The van der Waals surface area contributed by atoms with E-state index in [0.717, 1.165) is 31.9 Å². The highest BCUT2D eigenvalue weighted by Crippen LogP contribution is 2.24. The van der Waals surface area contributed by atoms with Crippen LogP contribution in [-0.2, 0) is 19.5 Å². The third kappa shape index (κ3) is 2.69. The largest absolute Gasteiger partial charge is 0.293 e. The Kier molecular flexibility index (Phi) is 3.37. The van der Waals surface area contributed by atoms with Crippen LogP contribution in [0.2, 0.25) is 0 Å². The second-order valence-corrected chi connectivity index (χ2v) is 6.64. The molecule has 19 heavy (non-hydrogen) atoms. The van der Waals surface area contributed by atoms with Crippen LogP contribution in [0.4, 0.5) is 0 Å². The Bertz CT molecular complexity index is 584. The van der Waals surface area contributed by atoms with Crippen molar-refractivity contribution in [2.45, 2.75) is 40.3 Å². The zero-order valence-corrected chi connectivity index (χ0v) is 12.5. The molecular weight excluding hydrogens is 254 g/mol.